The van der Waals surface area contributed by atoms with Gasteiger partial charge in [0, 0.05) is 0 Å². The van der Waals surface area contributed by atoms with E-state index in [1.54, 1.807) is 13.0 Å². The Morgan fingerprint density at radius 1 is 1.00 bits per heavy atom. The third-order valence-electron chi connectivity index (χ3n) is 2.36. The van der Waals surface area contributed by atoms with Gasteiger partial charge in [-0.3, -0.25) is 0 Å². The molecule has 1 rings (SSSR count). The summed E-state index contributed by atoms with van der Waals surface area (Å²) in [5, 5.41) is 0. The molecule has 0 aliphatic heterocycles. The summed E-state index contributed by atoms with van der Waals surface area (Å²) < 4.78 is 37.2. The standard InChI is InChI=1S/C12H15F3/c1-8-7-9(12(13,14)15)5-6-10(8)11(2,3)4/h5-7H,1-4H3. The summed E-state index contributed by atoms with van der Waals surface area (Å²) in [4.78, 5) is 0. The molecule has 1 aromatic carbocycles. The fourth-order valence-corrected chi connectivity index (χ4v) is 1.68. The summed E-state index contributed by atoms with van der Waals surface area (Å²) in [7, 11) is 0. The smallest absolute Gasteiger partial charge is 0.166 e. The first-order chi connectivity index (χ1) is 6.62. The van der Waals surface area contributed by atoms with Crippen LogP contribution in [0.5, 0.6) is 0 Å². The van der Waals surface area contributed by atoms with Crippen LogP contribution in [0.3, 0.4) is 0 Å². The molecule has 0 saturated heterocycles. The zero-order valence-corrected chi connectivity index (χ0v) is 9.37. The van der Waals surface area contributed by atoms with Crippen LogP contribution in [0.1, 0.15) is 37.5 Å². The average Bonchev–Trinajstić information content (AvgIpc) is 1.99. The van der Waals surface area contributed by atoms with Gasteiger partial charge < -0.3 is 0 Å². The zero-order valence-electron chi connectivity index (χ0n) is 9.37. The van der Waals surface area contributed by atoms with Crippen molar-refractivity contribution in [2.75, 3.05) is 0 Å². The minimum atomic E-state index is -4.25. The van der Waals surface area contributed by atoms with Crippen molar-refractivity contribution in [1.82, 2.24) is 0 Å². The van der Waals surface area contributed by atoms with Gasteiger partial charge in [0.2, 0.25) is 0 Å². The van der Waals surface area contributed by atoms with Crippen LogP contribution < -0.4 is 0 Å². The summed E-state index contributed by atoms with van der Waals surface area (Å²) >= 11 is 0. The Morgan fingerprint density at radius 2 is 1.53 bits per heavy atom. The highest BCUT2D eigenvalue weighted by atomic mass is 19.4. The monoisotopic (exact) mass is 216 g/mol. The number of alkyl halides is 3. The first-order valence-electron chi connectivity index (χ1n) is 4.80. The van der Waals surface area contributed by atoms with E-state index in [4.69, 9.17) is 0 Å². The molecule has 3 heteroatoms. The lowest BCUT2D eigenvalue weighted by Crippen LogP contribution is -2.14. The van der Waals surface area contributed by atoms with Crippen molar-refractivity contribution in [2.45, 2.75) is 39.3 Å². The van der Waals surface area contributed by atoms with Crippen LogP contribution in [0.4, 0.5) is 13.2 Å². The van der Waals surface area contributed by atoms with Gasteiger partial charge in [0.15, 0.2) is 0 Å². The van der Waals surface area contributed by atoms with E-state index in [0.29, 0.717) is 5.56 Å². The van der Waals surface area contributed by atoms with Crippen molar-refractivity contribution in [2.24, 2.45) is 0 Å². The van der Waals surface area contributed by atoms with Crippen LogP contribution in [0.25, 0.3) is 0 Å². The molecular formula is C12H15F3. The molecule has 0 heterocycles. The number of hydrogen-bond acceptors (Lipinski definition) is 0. The van der Waals surface area contributed by atoms with Crippen LogP contribution in [-0.4, -0.2) is 0 Å². The second kappa shape index (κ2) is 3.54. The lowest BCUT2D eigenvalue weighted by Gasteiger charge is -2.22. The normalized spacial score (nSPS) is 13.0. The van der Waals surface area contributed by atoms with Crippen LogP contribution >= 0.6 is 0 Å². The minimum absolute atomic E-state index is 0.117. The van der Waals surface area contributed by atoms with Gasteiger partial charge in [0.25, 0.3) is 0 Å². The Morgan fingerprint density at radius 3 is 1.87 bits per heavy atom. The van der Waals surface area contributed by atoms with E-state index >= 15 is 0 Å². The third kappa shape index (κ3) is 2.74. The maximum atomic E-state index is 12.4. The fraction of sp³-hybridized carbons (Fsp3) is 0.500. The topological polar surface area (TPSA) is 0 Å². The van der Waals surface area contributed by atoms with Crippen molar-refractivity contribution in [3.8, 4) is 0 Å². The highest BCUT2D eigenvalue weighted by molar-refractivity contribution is 5.36. The Hall–Kier alpha value is -0.990. The molecule has 1 aromatic rings. The Labute approximate surface area is 88.1 Å². The Balaban J connectivity index is 3.21. The SMILES string of the molecule is Cc1cc(C(F)(F)F)ccc1C(C)(C)C. The number of rotatable bonds is 0. The van der Waals surface area contributed by atoms with Gasteiger partial charge >= 0.3 is 6.18 Å². The molecule has 0 atom stereocenters. The number of halogens is 3. The number of hydrogen-bond donors (Lipinski definition) is 0. The van der Waals surface area contributed by atoms with Gasteiger partial charge in [-0.15, -0.1) is 0 Å². The van der Waals surface area contributed by atoms with E-state index in [1.165, 1.54) is 6.07 Å². The lowest BCUT2D eigenvalue weighted by molar-refractivity contribution is -0.137. The molecule has 0 bridgehead atoms. The molecule has 0 fully saturated rings. The van der Waals surface area contributed by atoms with Crippen molar-refractivity contribution in [3.05, 3.63) is 34.9 Å². The van der Waals surface area contributed by atoms with E-state index in [-0.39, 0.29) is 5.41 Å². The second-order valence-electron chi connectivity index (χ2n) is 4.78. The molecule has 15 heavy (non-hydrogen) atoms. The lowest BCUT2D eigenvalue weighted by atomic mass is 9.83. The molecule has 0 nitrogen and oxygen atoms in total. The van der Waals surface area contributed by atoms with Crippen LogP contribution in [0.2, 0.25) is 0 Å². The van der Waals surface area contributed by atoms with E-state index in [0.717, 1.165) is 11.6 Å². The molecule has 84 valence electrons. The summed E-state index contributed by atoms with van der Waals surface area (Å²) in [6.45, 7) is 7.68. The van der Waals surface area contributed by atoms with Crippen molar-refractivity contribution >= 4 is 0 Å². The van der Waals surface area contributed by atoms with Gasteiger partial charge in [-0.25, -0.2) is 0 Å². The zero-order chi connectivity index (χ0) is 11.9. The molecule has 0 spiro atoms. The molecule has 0 amide bonds. The molecule has 0 saturated carbocycles. The summed E-state index contributed by atoms with van der Waals surface area (Å²) in [6, 6.07) is 3.92. The minimum Gasteiger partial charge on any atom is -0.166 e. The molecule has 0 unspecified atom stereocenters. The predicted molar refractivity (Wildman–Crippen MR) is 54.9 cm³/mol. The number of benzene rings is 1. The van der Waals surface area contributed by atoms with Gasteiger partial charge in [0.05, 0.1) is 5.56 Å². The largest absolute Gasteiger partial charge is 0.416 e. The predicted octanol–water partition coefficient (Wildman–Crippen LogP) is 4.31. The Kier molecular flexibility index (Phi) is 2.85. The van der Waals surface area contributed by atoms with Gasteiger partial charge in [-0.2, -0.15) is 13.2 Å². The maximum Gasteiger partial charge on any atom is 0.416 e. The Bertz CT molecular complexity index is 356. The number of aryl methyl sites for hydroxylation is 1. The molecule has 0 aliphatic rings. The maximum absolute atomic E-state index is 12.4. The van der Waals surface area contributed by atoms with Crippen molar-refractivity contribution < 1.29 is 13.2 Å². The van der Waals surface area contributed by atoms with Gasteiger partial charge in [-0.1, -0.05) is 26.8 Å². The molecule has 0 radical (unpaired) electrons. The highest BCUT2D eigenvalue weighted by Crippen LogP contribution is 2.33. The quantitative estimate of drug-likeness (QED) is 0.606. The fourth-order valence-electron chi connectivity index (χ4n) is 1.68. The second-order valence-corrected chi connectivity index (χ2v) is 4.78. The van der Waals surface area contributed by atoms with E-state index < -0.39 is 11.7 Å². The van der Waals surface area contributed by atoms with E-state index in [2.05, 4.69) is 0 Å². The van der Waals surface area contributed by atoms with Crippen molar-refractivity contribution in [1.29, 1.82) is 0 Å². The first kappa shape index (κ1) is 12.1. The molecule has 0 N–H and O–H groups in total. The summed E-state index contributed by atoms with van der Waals surface area (Å²) in [5.74, 6) is 0. The molecule has 0 aromatic heterocycles. The van der Waals surface area contributed by atoms with Crippen LogP contribution in [-0.2, 0) is 11.6 Å². The van der Waals surface area contributed by atoms with Crippen LogP contribution in [0, 0.1) is 6.92 Å². The van der Waals surface area contributed by atoms with Crippen molar-refractivity contribution in [3.63, 3.8) is 0 Å². The summed E-state index contributed by atoms with van der Waals surface area (Å²) in [5.41, 5.74) is 0.953. The highest BCUT2D eigenvalue weighted by Gasteiger charge is 2.31. The third-order valence-corrected chi connectivity index (χ3v) is 2.36. The first-order valence-corrected chi connectivity index (χ1v) is 4.80. The van der Waals surface area contributed by atoms with E-state index in [1.807, 2.05) is 20.8 Å². The van der Waals surface area contributed by atoms with Gasteiger partial charge in [0.1, 0.15) is 0 Å². The molecule has 0 aliphatic carbocycles. The van der Waals surface area contributed by atoms with E-state index in [9.17, 15) is 13.2 Å². The average molecular weight is 216 g/mol. The van der Waals surface area contributed by atoms with Gasteiger partial charge in [-0.05, 0) is 35.6 Å². The van der Waals surface area contributed by atoms with Crippen LogP contribution in [0.15, 0.2) is 18.2 Å². The summed E-state index contributed by atoms with van der Waals surface area (Å²) in [6.07, 6.45) is -4.25. The molecular weight excluding hydrogens is 201 g/mol.